The molecule has 0 radical (unpaired) electrons. The summed E-state index contributed by atoms with van der Waals surface area (Å²) >= 11 is 0. The average molecular weight is 275 g/mol. The van der Waals surface area contributed by atoms with Crippen LogP contribution in [0.15, 0.2) is 18.2 Å². The average Bonchev–Trinajstić information content (AvgIpc) is 2.47. The van der Waals surface area contributed by atoms with Gasteiger partial charge in [-0.3, -0.25) is 9.69 Å². The van der Waals surface area contributed by atoms with E-state index in [0.717, 1.165) is 30.1 Å². The third-order valence-electron chi connectivity index (χ3n) is 4.47. The summed E-state index contributed by atoms with van der Waals surface area (Å²) in [6.07, 6.45) is 6.08. The van der Waals surface area contributed by atoms with Crippen LogP contribution in [0.4, 0.5) is 0 Å². The van der Waals surface area contributed by atoms with Crippen LogP contribution in [-0.2, 0) is 6.54 Å². The van der Waals surface area contributed by atoms with E-state index in [9.17, 15) is 4.79 Å². The molecular formula is C17H25NO2. The van der Waals surface area contributed by atoms with Crippen LogP contribution in [0.2, 0.25) is 0 Å². The molecule has 0 saturated heterocycles. The van der Waals surface area contributed by atoms with Gasteiger partial charge >= 0.3 is 0 Å². The van der Waals surface area contributed by atoms with Crippen molar-refractivity contribution in [1.29, 1.82) is 0 Å². The van der Waals surface area contributed by atoms with E-state index in [2.05, 4.69) is 18.9 Å². The molecule has 1 fully saturated rings. The van der Waals surface area contributed by atoms with E-state index in [4.69, 9.17) is 4.74 Å². The number of aldehydes is 1. The number of carbonyl (C=O) groups excluding carboxylic acids is 1. The van der Waals surface area contributed by atoms with Crippen molar-refractivity contribution in [2.45, 2.75) is 45.2 Å². The molecule has 0 aromatic heterocycles. The number of methoxy groups -OCH3 is 1. The molecule has 1 aromatic rings. The summed E-state index contributed by atoms with van der Waals surface area (Å²) in [5.74, 6) is 1.74. The van der Waals surface area contributed by atoms with Gasteiger partial charge in [-0.2, -0.15) is 0 Å². The first-order valence-corrected chi connectivity index (χ1v) is 7.46. The van der Waals surface area contributed by atoms with Crippen molar-refractivity contribution in [3.05, 3.63) is 29.3 Å². The summed E-state index contributed by atoms with van der Waals surface area (Å²) in [6.45, 7) is 3.18. The van der Waals surface area contributed by atoms with Gasteiger partial charge in [0, 0.05) is 23.7 Å². The Morgan fingerprint density at radius 2 is 2.00 bits per heavy atom. The standard InChI is InChI=1S/C17H25NO2/c1-13-4-7-16(8-5-13)18(2)11-15-10-14(12-19)6-9-17(15)20-3/h6,9-10,12-13,16H,4-5,7-8,11H2,1-3H3. The Morgan fingerprint density at radius 3 is 2.60 bits per heavy atom. The number of hydrogen-bond donors (Lipinski definition) is 0. The SMILES string of the molecule is COc1ccc(C=O)cc1CN(C)C1CCC(C)CC1. The molecule has 2 rings (SSSR count). The second-order valence-corrected chi connectivity index (χ2v) is 6.02. The summed E-state index contributed by atoms with van der Waals surface area (Å²) in [6, 6.07) is 6.28. The van der Waals surface area contributed by atoms with E-state index >= 15 is 0 Å². The molecule has 0 spiro atoms. The summed E-state index contributed by atoms with van der Waals surface area (Å²) in [5.41, 5.74) is 1.81. The number of nitrogens with zero attached hydrogens (tertiary/aromatic N) is 1. The largest absolute Gasteiger partial charge is 0.496 e. The lowest BCUT2D eigenvalue weighted by atomic mass is 9.86. The quantitative estimate of drug-likeness (QED) is 0.770. The van der Waals surface area contributed by atoms with Crippen molar-refractivity contribution in [3.63, 3.8) is 0 Å². The van der Waals surface area contributed by atoms with Gasteiger partial charge in [0.15, 0.2) is 0 Å². The van der Waals surface area contributed by atoms with Gasteiger partial charge in [-0.1, -0.05) is 6.92 Å². The maximum Gasteiger partial charge on any atom is 0.150 e. The van der Waals surface area contributed by atoms with Crippen LogP contribution in [-0.4, -0.2) is 31.4 Å². The Bertz CT molecular complexity index is 450. The van der Waals surface area contributed by atoms with E-state index in [-0.39, 0.29) is 0 Å². The summed E-state index contributed by atoms with van der Waals surface area (Å²) in [5, 5.41) is 0. The van der Waals surface area contributed by atoms with Crippen LogP contribution in [0.1, 0.15) is 48.5 Å². The lowest BCUT2D eigenvalue weighted by Gasteiger charge is -2.33. The second-order valence-electron chi connectivity index (χ2n) is 6.02. The minimum Gasteiger partial charge on any atom is -0.496 e. The van der Waals surface area contributed by atoms with Crippen molar-refractivity contribution in [2.75, 3.05) is 14.2 Å². The van der Waals surface area contributed by atoms with Crippen molar-refractivity contribution < 1.29 is 9.53 Å². The lowest BCUT2D eigenvalue weighted by Crippen LogP contribution is -2.34. The minimum absolute atomic E-state index is 0.649. The minimum atomic E-state index is 0.649. The highest BCUT2D eigenvalue weighted by molar-refractivity contribution is 5.75. The molecule has 1 aliphatic carbocycles. The number of hydrogen-bond acceptors (Lipinski definition) is 3. The maximum atomic E-state index is 10.9. The predicted molar refractivity (Wildman–Crippen MR) is 81.3 cm³/mol. The predicted octanol–water partition coefficient (Wildman–Crippen LogP) is 3.52. The Morgan fingerprint density at radius 1 is 1.30 bits per heavy atom. The van der Waals surface area contributed by atoms with E-state index in [1.165, 1.54) is 25.7 Å². The van der Waals surface area contributed by atoms with Crippen molar-refractivity contribution in [2.24, 2.45) is 5.92 Å². The zero-order valence-corrected chi connectivity index (χ0v) is 12.8. The first kappa shape index (κ1) is 15.0. The van der Waals surface area contributed by atoms with Gasteiger partial charge < -0.3 is 4.74 Å². The summed E-state index contributed by atoms with van der Waals surface area (Å²) in [7, 11) is 3.86. The molecule has 3 nitrogen and oxygen atoms in total. The molecule has 20 heavy (non-hydrogen) atoms. The van der Waals surface area contributed by atoms with Crippen molar-refractivity contribution >= 4 is 6.29 Å². The molecule has 0 amide bonds. The van der Waals surface area contributed by atoms with Gasteiger partial charge in [-0.25, -0.2) is 0 Å². The smallest absolute Gasteiger partial charge is 0.150 e. The van der Waals surface area contributed by atoms with Crippen LogP contribution >= 0.6 is 0 Å². The van der Waals surface area contributed by atoms with E-state index in [1.807, 2.05) is 12.1 Å². The van der Waals surface area contributed by atoms with Crippen molar-refractivity contribution in [3.8, 4) is 5.75 Å². The van der Waals surface area contributed by atoms with Gasteiger partial charge in [-0.05, 0) is 56.8 Å². The van der Waals surface area contributed by atoms with Gasteiger partial charge in [0.05, 0.1) is 7.11 Å². The Labute approximate surface area is 121 Å². The zero-order chi connectivity index (χ0) is 14.5. The lowest BCUT2D eigenvalue weighted by molar-refractivity contribution is 0.112. The number of rotatable bonds is 5. The maximum absolute atomic E-state index is 10.9. The highest BCUT2D eigenvalue weighted by Gasteiger charge is 2.22. The molecule has 1 saturated carbocycles. The second kappa shape index (κ2) is 6.89. The van der Waals surface area contributed by atoms with Crippen LogP contribution in [0.5, 0.6) is 5.75 Å². The topological polar surface area (TPSA) is 29.5 Å². The fraction of sp³-hybridized carbons (Fsp3) is 0.588. The highest BCUT2D eigenvalue weighted by atomic mass is 16.5. The van der Waals surface area contributed by atoms with Gasteiger partial charge in [0.25, 0.3) is 0 Å². The molecule has 0 N–H and O–H groups in total. The number of benzene rings is 1. The van der Waals surface area contributed by atoms with Crippen LogP contribution in [0.3, 0.4) is 0 Å². The third kappa shape index (κ3) is 3.60. The molecule has 0 unspecified atom stereocenters. The monoisotopic (exact) mass is 275 g/mol. The van der Waals surface area contributed by atoms with Crippen LogP contribution in [0, 0.1) is 5.92 Å². The molecule has 0 bridgehead atoms. The number of carbonyl (C=O) groups is 1. The molecule has 0 aliphatic heterocycles. The normalized spacial score (nSPS) is 22.8. The van der Waals surface area contributed by atoms with E-state index in [1.54, 1.807) is 13.2 Å². The molecule has 0 heterocycles. The molecule has 110 valence electrons. The molecule has 1 aromatic carbocycles. The summed E-state index contributed by atoms with van der Waals surface area (Å²) < 4.78 is 5.41. The van der Waals surface area contributed by atoms with Gasteiger partial charge in [0.2, 0.25) is 0 Å². The molecular weight excluding hydrogens is 250 g/mol. The fourth-order valence-corrected chi connectivity index (χ4v) is 3.08. The van der Waals surface area contributed by atoms with Crippen LogP contribution in [0.25, 0.3) is 0 Å². The first-order chi connectivity index (χ1) is 9.63. The fourth-order valence-electron chi connectivity index (χ4n) is 3.08. The molecule has 0 atom stereocenters. The first-order valence-electron chi connectivity index (χ1n) is 7.46. The third-order valence-corrected chi connectivity index (χ3v) is 4.47. The summed E-state index contributed by atoms with van der Waals surface area (Å²) in [4.78, 5) is 13.3. The Hall–Kier alpha value is -1.35. The highest BCUT2D eigenvalue weighted by Crippen LogP contribution is 2.28. The van der Waals surface area contributed by atoms with Gasteiger partial charge in [-0.15, -0.1) is 0 Å². The Balaban J connectivity index is 2.06. The number of ether oxygens (including phenoxy) is 1. The molecule has 3 heteroatoms. The van der Waals surface area contributed by atoms with Gasteiger partial charge in [0.1, 0.15) is 12.0 Å². The van der Waals surface area contributed by atoms with Crippen LogP contribution < -0.4 is 4.74 Å². The Kier molecular flexibility index (Phi) is 5.18. The molecule has 1 aliphatic rings. The van der Waals surface area contributed by atoms with Crippen molar-refractivity contribution in [1.82, 2.24) is 4.90 Å². The van der Waals surface area contributed by atoms with E-state index < -0.39 is 0 Å². The zero-order valence-electron chi connectivity index (χ0n) is 12.8. The van der Waals surface area contributed by atoms with E-state index in [0.29, 0.717) is 11.6 Å².